The lowest BCUT2D eigenvalue weighted by Crippen LogP contribution is -2.38. The molecule has 1 saturated heterocycles. The molecule has 4 rings (SSSR count). The van der Waals surface area contributed by atoms with Crippen LogP contribution in [0.5, 0.6) is 5.75 Å². The molecule has 1 aromatic heterocycles. The number of pyridine rings is 1. The van der Waals surface area contributed by atoms with Crippen LogP contribution in [-0.4, -0.2) is 42.2 Å². The van der Waals surface area contributed by atoms with Crippen LogP contribution in [0, 0.1) is 6.92 Å². The van der Waals surface area contributed by atoms with Crippen molar-refractivity contribution in [3.63, 3.8) is 0 Å². The zero-order valence-corrected chi connectivity index (χ0v) is 17.3. The summed E-state index contributed by atoms with van der Waals surface area (Å²) in [7, 11) is 1.55. The lowest BCUT2D eigenvalue weighted by molar-refractivity contribution is 0.0504. The van der Waals surface area contributed by atoms with Crippen LogP contribution in [0.2, 0.25) is 0 Å². The Hall–Kier alpha value is -3.12. The third-order valence-corrected chi connectivity index (χ3v) is 5.51. The molecule has 0 aliphatic carbocycles. The van der Waals surface area contributed by atoms with Crippen LogP contribution in [0.4, 0.5) is 0 Å². The van der Waals surface area contributed by atoms with Crippen molar-refractivity contribution in [2.24, 2.45) is 0 Å². The highest BCUT2D eigenvalue weighted by Crippen LogP contribution is 2.23. The predicted molar refractivity (Wildman–Crippen MR) is 116 cm³/mol. The highest BCUT2D eigenvalue weighted by atomic mass is 16.5. The molecule has 0 spiro atoms. The molecule has 6 heteroatoms. The van der Waals surface area contributed by atoms with Crippen molar-refractivity contribution < 1.29 is 14.3 Å². The molecule has 1 atom stereocenters. The second-order valence-corrected chi connectivity index (χ2v) is 7.74. The zero-order chi connectivity index (χ0) is 21.1. The Labute approximate surface area is 175 Å². The Morgan fingerprint density at radius 2 is 2.07 bits per heavy atom. The number of rotatable bonds is 6. The van der Waals surface area contributed by atoms with E-state index in [9.17, 15) is 9.59 Å². The maximum Gasteiger partial charge on any atom is 0.258 e. The quantitative estimate of drug-likeness (QED) is 0.678. The fourth-order valence-electron chi connectivity index (χ4n) is 3.94. The Bertz CT molecular complexity index is 1120. The van der Waals surface area contributed by atoms with Crippen molar-refractivity contribution in [2.45, 2.75) is 32.4 Å². The molecule has 0 radical (unpaired) electrons. The molecule has 0 bridgehead atoms. The Kier molecular flexibility index (Phi) is 5.86. The molecule has 0 unspecified atom stereocenters. The highest BCUT2D eigenvalue weighted by molar-refractivity contribution is 5.97. The Morgan fingerprint density at radius 1 is 1.23 bits per heavy atom. The molecule has 30 heavy (non-hydrogen) atoms. The van der Waals surface area contributed by atoms with E-state index < -0.39 is 0 Å². The fraction of sp³-hybridized carbons (Fsp3) is 0.333. The highest BCUT2D eigenvalue weighted by Gasteiger charge is 2.26. The molecule has 2 aromatic carbocycles. The number of nitrogens with one attached hydrogen (secondary N) is 1. The molecule has 1 amide bonds. The summed E-state index contributed by atoms with van der Waals surface area (Å²) in [5, 5.41) is 0.950. The topological polar surface area (TPSA) is 71.6 Å². The van der Waals surface area contributed by atoms with Gasteiger partial charge in [0.1, 0.15) is 5.75 Å². The Balaban J connectivity index is 1.69. The number of hydrogen-bond acceptors (Lipinski definition) is 4. The van der Waals surface area contributed by atoms with E-state index in [2.05, 4.69) is 4.98 Å². The average Bonchev–Trinajstić information content (AvgIpc) is 3.26. The largest absolute Gasteiger partial charge is 0.496 e. The maximum absolute atomic E-state index is 13.4. The number of benzene rings is 2. The van der Waals surface area contributed by atoms with Crippen molar-refractivity contribution in [3.8, 4) is 5.75 Å². The van der Waals surface area contributed by atoms with E-state index in [0.717, 1.165) is 29.3 Å². The predicted octanol–water partition coefficient (Wildman–Crippen LogP) is 3.67. The first-order valence-electron chi connectivity index (χ1n) is 10.2. The third-order valence-electron chi connectivity index (χ3n) is 5.51. The fourth-order valence-corrected chi connectivity index (χ4v) is 3.94. The second-order valence-electron chi connectivity index (χ2n) is 7.74. The van der Waals surface area contributed by atoms with Gasteiger partial charge in [0.2, 0.25) is 0 Å². The number of aryl methyl sites for hydroxylation is 1. The van der Waals surface area contributed by atoms with E-state index in [1.165, 1.54) is 0 Å². The number of ether oxygens (including phenoxy) is 2. The summed E-state index contributed by atoms with van der Waals surface area (Å²) in [5.41, 5.74) is 2.75. The first-order valence-corrected chi connectivity index (χ1v) is 10.2. The van der Waals surface area contributed by atoms with Gasteiger partial charge >= 0.3 is 0 Å². The van der Waals surface area contributed by atoms with Gasteiger partial charge in [-0.05, 0) is 55.5 Å². The summed E-state index contributed by atoms with van der Waals surface area (Å²) in [6, 6.07) is 14.9. The molecule has 6 nitrogen and oxygen atoms in total. The number of carbonyl (C=O) groups excluding carboxylic acids is 1. The van der Waals surface area contributed by atoms with Gasteiger partial charge < -0.3 is 19.4 Å². The number of nitrogens with zero attached hydrogens (tertiary/aromatic N) is 1. The summed E-state index contributed by atoms with van der Waals surface area (Å²) >= 11 is 0. The average molecular weight is 406 g/mol. The van der Waals surface area contributed by atoms with Gasteiger partial charge in [-0.2, -0.15) is 0 Å². The normalized spacial score (nSPS) is 16.0. The van der Waals surface area contributed by atoms with Gasteiger partial charge in [-0.15, -0.1) is 0 Å². The van der Waals surface area contributed by atoms with Crippen molar-refractivity contribution in [1.29, 1.82) is 0 Å². The van der Waals surface area contributed by atoms with Crippen molar-refractivity contribution in [1.82, 2.24) is 9.88 Å². The van der Waals surface area contributed by atoms with Crippen molar-refractivity contribution in [2.75, 3.05) is 20.3 Å². The number of methoxy groups -OCH3 is 1. The van der Waals surface area contributed by atoms with Crippen LogP contribution in [-0.2, 0) is 11.3 Å². The van der Waals surface area contributed by atoms with Gasteiger partial charge in [-0.3, -0.25) is 9.59 Å². The minimum absolute atomic E-state index is 0.0227. The molecular weight excluding hydrogens is 380 g/mol. The molecule has 156 valence electrons. The summed E-state index contributed by atoms with van der Waals surface area (Å²) in [6.45, 7) is 3.36. The molecule has 1 aliphatic rings. The Morgan fingerprint density at radius 3 is 2.83 bits per heavy atom. The minimum atomic E-state index is -0.184. The monoisotopic (exact) mass is 406 g/mol. The number of H-pyrrole nitrogens is 1. The lowest BCUT2D eigenvalue weighted by atomic mass is 10.1. The van der Waals surface area contributed by atoms with Gasteiger partial charge in [0.25, 0.3) is 11.5 Å². The lowest BCUT2D eigenvalue weighted by Gasteiger charge is -2.26. The van der Waals surface area contributed by atoms with Crippen LogP contribution in [0.25, 0.3) is 10.9 Å². The van der Waals surface area contributed by atoms with E-state index in [4.69, 9.17) is 9.47 Å². The number of hydrogen-bond donors (Lipinski definition) is 1. The van der Waals surface area contributed by atoms with Gasteiger partial charge in [-0.25, -0.2) is 0 Å². The third kappa shape index (κ3) is 4.24. The second kappa shape index (κ2) is 8.71. The first kappa shape index (κ1) is 20.2. The zero-order valence-electron chi connectivity index (χ0n) is 17.3. The van der Waals surface area contributed by atoms with E-state index in [-0.39, 0.29) is 24.1 Å². The van der Waals surface area contributed by atoms with Crippen molar-refractivity contribution in [3.05, 3.63) is 75.6 Å². The molecule has 3 aromatic rings. The number of para-hydroxylation sites is 1. The van der Waals surface area contributed by atoms with Gasteiger partial charge in [0, 0.05) is 24.2 Å². The van der Waals surface area contributed by atoms with Gasteiger partial charge in [-0.1, -0.05) is 23.8 Å². The van der Waals surface area contributed by atoms with E-state index in [0.29, 0.717) is 30.0 Å². The van der Waals surface area contributed by atoms with Crippen molar-refractivity contribution >= 4 is 16.8 Å². The molecule has 0 saturated carbocycles. The molecular formula is C24H26N2O4. The number of aromatic amines is 1. The summed E-state index contributed by atoms with van der Waals surface area (Å²) in [4.78, 5) is 30.8. The molecule has 1 N–H and O–H groups in total. The molecule has 1 fully saturated rings. The number of amides is 1. The number of fused-ring (bicyclic) bond motifs is 1. The van der Waals surface area contributed by atoms with Crippen LogP contribution < -0.4 is 10.3 Å². The van der Waals surface area contributed by atoms with E-state index in [1.54, 1.807) is 24.1 Å². The smallest absolute Gasteiger partial charge is 0.258 e. The van der Waals surface area contributed by atoms with E-state index >= 15 is 0 Å². The summed E-state index contributed by atoms with van der Waals surface area (Å²) in [5.74, 6) is 0.342. The molecule has 2 heterocycles. The van der Waals surface area contributed by atoms with Crippen LogP contribution in [0.1, 0.15) is 34.3 Å². The molecule has 1 aliphatic heterocycles. The van der Waals surface area contributed by atoms with Gasteiger partial charge in [0.05, 0.1) is 25.3 Å². The SMILES string of the molecule is COc1ccccc1C(=O)N(Cc1cc2cc(C)ccc2[nH]c1=O)C[C@H]1CCCO1. The van der Waals surface area contributed by atoms with E-state index in [1.807, 2.05) is 43.3 Å². The summed E-state index contributed by atoms with van der Waals surface area (Å²) in [6.07, 6.45) is 1.87. The first-order chi connectivity index (χ1) is 14.5. The number of carbonyl (C=O) groups is 1. The summed E-state index contributed by atoms with van der Waals surface area (Å²) < 4.78 is 11.2. The van der Waals surface area contributed by atoms with Gasteiger partial charge in [0.15, 0.2) is 0 Å². The standard InChI is InChI=1S/C24H26N2O4/c1-16-9-10-21-17(12-16)13-18(23(27)25-21)14-26(15-19-6-5-11-30-19)24(28)20-7-3-4-8-22(20)29-2/h3-4,7-10,12-13,19H,5-6,11,14-15H2,1-2H3,(H,25,27)/t19-/m1/s1. The van der Waals surface area contributed by atoms with Crippen LogP contribution in [0.15, 0.2) is 53.3 Å². The minimum Gasteiger partial charge on any atom is -0.496 e. The number of aromatic nitrogens is 1. The maximum atomic E-state index is 13.4. The van der Waals surface area contributed by atoms with Crippen LogP contribution >= 0.6 is 0 Å². The van der Waals surface area contributed by atoms with Crippen LogP contribution in [0.3, 0.4) is 0 Å².